The van der Waals surface area contributed by atoms with Gasteiger partial charge in [-0.25, -0.2) is 13.8 Å². The molecule has 4 aromatic rings. The van der Waals surface area contributed by atoms with Crippen LogP contribution in [0.25, 0.3) is 21.3 Å². The minimum absolute atomic E-state index is 0.0238. The Bertz CT molecular complexity index is 1490. The van der Waals surface area contributed by atoms with Gasteiger partial charge in [0.05, 0.1) is 16.3 Å². The number of carbonyl (C=O) groups is 2. The maximum atomic E-state index is 13.6. The van der Waals surface area contributed by atoms with E-state index in [4.69, 9.17) is 5.73 Å². The summed E-state index contributed by atoms with van der Waals surface area (Å²) in [7, 11) is 3.05. The molecule has 2 amide bonds. The van der Waals surface area contributed by atoms with Crippen LogP contribution in [0.3, 0.4) is 0 Å². The predicted octanol–water partition coefficient (Wildman–Crippen LogP) is 2.94. The molecule has 0 saturated carbocycles. The summed E-state index contributed by atoms with van der Waals surface area (Å²) in [5.41, 5.74) is 4.99. The molecule has 0 saturated heterocycles. The molecule has 0 unspecified atom stereocenters. The molecule has 0 aromatic carbocycles. The Hall–Kier alpha value is -4.27. The Morgan fingerprint density at radius 1 is 1.21 bits per heavy atom. The predicted molar refractivity (Wildman–Crippen MR) is 118 cm³/mol. The lowest BCUT2D eigenvalue weighted by molar-refractivity contribution is -0.385. The van der Waals surface area contributed by atoms with Gasteiger partial charge in [-0.3, -0.25) is 29.1 Å². The van der Waals surface area contributed by atoms with E-state index in [1.165, 1.54) is 11.7 Å². The maximum Gasteiger partial charge on any atom is 0.320 e. The first-order valence-electron chi connectivity index (χ1n) is 9.53. The van der Waals surface area contributed by atoms with Crippen molar-refractivity contribution in [2.24, 2.45) is 19.8 Å². The van der Waals surface area contributed by atoms with E-state index in [0.29, 0.717) is 11.3 Å². The SMILES string of the molecule is Cc1nn(C)cc1-c1cc(C(F)F)nc2sc(C(N)=O)c(NC(=O)c3nn(C)cc3[N+](=O)[O-])c12. The van der Waals surface area contributed by atoms with Crippen molar-refractivity contribution in [3.05, 3.63) is 50.5 Å². The number of nitrogens with one attached hydrogen (secondary N) is 1. The molecule has 15 heteroatoms. The molecule has 0 fully saturated rings. The second kappa shape index (κ2) is 8.26. The van der Waals surface area contributed by atoms with Gasteiger partial charge < -0.3 is 11.1 Å². The molecule has 4 aromatic heterocycles. The van der Waals surface area contributed by atoms with Crippen LogP contribution in [0.4, 0.5) is 20.2 Å². The molecule has 0 bridgehead atoms. The van der Waals surface area contributed by atoms with Gasteiger partial charge in [-0.2, -0.15) is 10.2 Å². The topological polar surface area (TPSA) is 164 Å². The third-order valence-corrected chi connectivity index (χ3v) is 5.99. The number of anilines is 1. The highest BCUT2D eigenvalue weighted by atomic mass is 32.1. The van der Waals surface area contributed by atoms with Gasteiger partial charge in [-0.15, -0.1) is 11.3 Å². The number of fused-ring (bicyclic) bond motifs is 1. The molecule has 4 heterocycles. The highest BCUT2D eigenvalue weighted by Crippen LogP contribution is 2.43. The number of alkyl halides is 2. The Kier molecular flexibility index (Phi) is 5.56. The Morgan fingerprint density at radius 3 is 2.44 bits per heavy atom. The van der Waals surface area contributed by atoms with Gasteiger partial charge in [-0.05, 0) is 18.6 Å². The van der Waals surface area contributed by atoms with Crippen molar-refractivity contribution in [3.63, 3.8) is 0 Å². The van der Waals surface area contributed by atoms with Crippen molar-refractivity contribution in [2.75, 3.05) is 5.32 Å². The molecular formula is C19H16F2N8O4S. The minimum atomic E-state index is -2.91. The average molecular weight is 490 g/mol. The van der Waals surface area contributed by atoms with Gasteiger partial charge in [-0.1, -0.05) is 0 Å². The summed E-state index contributed by atoms with van der Waals surface area (Å²) in [4.78, 5) is 39.5. The van der Waals surface area contributed by atoms with Crippen LogP contribution in [-0.2, 0) is 14.1 Å². The third kappa shape index (κ3) is 3.85. The van der Waals surface area contributed by atoms with Crippen LogP contribution in [0.2, 0.25) is 0 Å². The number of primary amides is 1. The molecule has 0 aliphatic rings. The number of aromatic nitrogens is 5. The van der Waals surface area contributed by atoms with Crippen LogP contribution in [0.15, 0.2) is 18.5 Å². The summed E-state index contributed by atoms with van der Waals surface area (Å²) < 4.78 is 29.8. The number of carbonyl (C=O) groups excluding carboxylic acids is 2. The van der Waals surface area contributed by atoms with Crippen molar-refractivity contribution in [3.8, 4) is 11.1 Å². The lowest BCUT2D eigenvalue weighted by atomic mass is 10.0. The first-order chi connectivity index (χ1) is 16.0. The smallest absolute Gasteiger partial charge is 0.320 e. The van der Waals surface area contributed by atoms with E-state index in [0.717, 1.165) is 28.3 Å². The molecule has 176 valence electrons. The van der Waals surface area contributed by atoms with Crippen molar-refractivity contribution >= 4 is 44.7 Å². The number of halogens is 2. The van der Waals surface area contributed by atoms with Crippen LogP contribution < -0.4 is 11.1 Å². The second-order valence-electron chi connectivity index (χ2n) is 7.30. The van der Waals surface area contributed by atoms with Crippen LogP contribution >= 0.6 is 11.3 Å². The van der Waals surface area contributed by atoms with Gasteiger partial charge >= 0.3 is 5.69 Å². The molecular weight excluding hydrogens is 474 g/mol. The summed E-state index contributed by atoms with van der Waals surface area (Å²) in [5, 5.41) is 22.0. The molecule has 0 radical (unpaired) electrons. The first kappa shape index (κ1) is 22.9. The molecule has 0 aliphatic carbocycles. The van der Waals surface area contributed by atoms with Gasteiger partial charge in [0.2, 0.25) is 5.69 Å². The number of nitrogens with two attached hydrogens (primary N) is 1. The van der Waals surface area contributed by atoms with Gasteiger partial charge in [0.15, 0.2) is 0 Å². The van der Waals surface area contributed by atoms with Crippen LogP contribution in [0, 0.1) is 17.0 Å². The largest absolute Gasteiger partial charge is 0.365 e. The number of aryl methyl sites for hydroxylation is 3. The van der Waals surface area contributed by atoms with E-state index in [1.54, 1.807) is 20.2 Å². The van der Waals surface area contributed by atoms with Crippen molar-refractivity contribution in [2.45, 2.75) is 13.3 Å². The fourth-order valence-corrected chi connectivity index (χ4v) is 4.56. The summed E-state index contributed by atoms with van der Waals surface area (Å²) in [6.07, 6.45) is -0.263. The maximum absolute atomic E-state index is 13.6. The average Bonchev–Trinajstić information content (AvgIpc) is 3.42. The highest BCUT2D eigenvalue weighted by Gasteiger charge is 2.30. The zero-order valence-electron chi connectivity index (χ0n) is 17.9. The Balaban J connectivity index is 1.98. The number of pyridine rings is 1. The van der Waals surface area contributed by atoms with E-state index in [2.05, 4.69) is 20.5 Å². The lowest BCUT2D eigenvalue weighted by Crippen LogP contribution is -2.18. The van der Waals surface area contributed by atoms with Crippen LogP contribution in [0.5, 0.6) is 0 Å². The quantitative estimate of drug-likeness (QED) is 0.310. The second-order valence-corrected chi connectivity index (χ2v) is 8.29. The monoisotopic (exact) mass is 490 g/mol. The molecule has 0 spiro atoms. The number of nitrogens with zero attached hydrogens (tertiary/aromatic N) is 6. The van der Waals surface area contributed by atoms with Crippen LogP contribution in [0.1, 0.15) is 38.0 Å². The zero-order valence-corrected chi connectivity index (χ0v) is 18.7. The van der Waals surface area contributed by atoms with E-state index < -0.39 is 40.2 Å². The molecule has 3 N–H and O–H groups in total. The molecule has 0 atom stereocenters. The summed E-state index contributed by atoms with van der Waals surface area (Å²) in [5.74, 6) is -1.93. The van der Waals surface area contributed by atoms with Crippen molar-refractivity contribution in [1.29, 1.82) is 0 Å². The fourth-order valence-electron chi connectivity index (χ4n) is 3.54. The highest BCUT2D eigenvalue weighted by molar-refractivity contribution is 7.21. The number of rotatable bonds is 6. The zero-order chi connectivity index (χ0) is 24.9. The normalized spacial score (nSPS) is 11.4. The molecule has 34 heavy (non-hydrogen) atoms. The molecule has 0 aliphatic heterocycles. The molecule has 4 rings (SSSR count). The Labute approximate surface area is 193 Å². The molecule has 12 nitrogen and oxygen atoms in total. The minimum Gasteiger partial charge on any atom is -0.365 e. The van der Waals surface area contributed by atoms with Gasteiger partial charge in [0, 0.05) is 31.2 Å². The van der Waals surface area contributed by atoms with E-state index >= 15 is 0 Å². The standard InChI is InChI=1S/C19H16F2N8O4S/c1-7-9(5-27(2)25-7)8-4-10(16(20)21)23-19-12(8)14(15(34-19)17(22)30)24-18(31)13-11(29(32)33)6-28(3)26-13/h4-6,16H,1-3H3,(H2,22,30)(H,24,31). The van der Waals surface area contributed by atoms with Crippen molar-refractivity contribution < 1.29 is 23.3 Å². The lowest BCUT2D eigenvalue weighted by Gasteiger charge is -2.10. The van der Waals surface area contributed by atoms with Gasteiger partial charge in [0.25, 0.3) is 18.2 Å². The van der Waals surface area contributed by atoms with E-state index in [9.17, 15) is 28.5 Å². The fraction of sp³-hybridized carbons (Fsp3) is 0.211. The number of thiophene rings is 1. The number of amides is 2. The summed E-state index contributed by atoms with van der Waals surface area (Å²) in [6.45, 7) is 1.67. The van der Waals surface area contributed by atoms with Crippen LogP contribution in [-0.4, -0.2) is 41.3 Å². The van der Waals surface area contributed by atoms with E-state index in [-0.39, 0.29) is 26.3 Å². The summed E-state index contributed by atoms with van der Waals surface area (Å²) >= 11 is 0.718. The Morgan fingerprint density at radius 2 is 1.88 bits per heavy atom. The van der Waals surface area contributed by atoms with Gasteiger partial charge in [0.1, 0.15) is 21.6 Å². The first-order valence-corrected chi connectivity index (χ1v) is 10.3. The van der Waals surface area contributed by atoms with Crippen molar-refractivity contribution in [1.82, 2.24) is 24.5 Å². The number of hydrogen-bond acceptors (Lipinski definition) is 8. The van der Waals surface area contributed by atoms with E-state index in [1.807, 2.05) is 0 Å². The summed E-state index contributed by atoms with van der Waals surface area (Å²) in [6, 6.07) is 1.15. The third-order valence-electron chi connectivity index (χ3n) is 4.89. The number of nitro groups is 1. The number of hydrogen-bond donors (Lipinski definition) is 2.